The molecule has 1 aromatic carbocycles. The van der Waals surface area contributed by atoms with E-state index in [-0.39, 0.29) is 19.0 Å². The Bertz CT molecular complexity index is 581. The highest BCUT2D eigenvalue weighted by molar-refractivity contribution is 9.10. The van der Waals surface area contributed by atoms with E-state index in [1.165, 1.54) is 4.90 Å². The van der Waals surface area contributed by atoms with Gasteiger partial charge in [0.15, 0.2) is 0 Å². The molecule has 0 saturated heterocycles. The van der Waals surface area contributed by atoms with Gasteiger partial charge < -0.3 is 15.3 Å². The lowest BCUT2D eigenvalue weighted by Crippen LogP contribution is -2.41. The second kappa shape index (κ2) is 7.64. The molecule has 1 aromatic rings. The van der Waals surface area contributed by atoms with Crippen molar-refractivity contribution in [3.05, 3.63) is 28.2 Å². The van der Waals surface area contributed by atoms with Crippen molar-refractivity contribution in [3.63, 3.8) is 0 Å². The average molecular weight is 354 g/mol. The molecule has 1 rings (SSSR count). The molecule has 0 bridgehead atoms. The zero-order valence-corrected chi connectivity index (χ0v) is 13.3. The standard InChI is InChI=1S/C14H16BrN3O3/c1-9(2)18(6-5-13(19)20)14(21)17-12-7-11(15)4-3-10(12)8-16/h3-4,7,9H,5-6H2,1-2H3,(H,17,21)(H,19,20). The van der Waals surface area contributed by atoms with Crippen molar-refractivity contribution in [1.29, 1.82) is 5.26 Å². The summed E-state index contributed by atoms with van der Waals surface area (Å²) in [5, 5.41) is 20.4. The fourth-order valence-corrected chi connectivity index (χ4v) is 2.08. The van der Waals surface area contributed by atoms with Crippen LogP contribution in [-0.4, -0.2) is 34.6 Å². The zero-order chi connectivity index (χ0) is 16.0. The van der Waals surface area contributed by atoms with Gasteiger partial charge in [0.05, 0.1) is 17.7 Å². The van der Waals surface area contributed by atoms with E-state index in [4.69, 9.17) is 10.4 Å². The lowest BCUT2D eigenvalue weighted by molar-refractivity contribution is -0.137. The fourth-order valence-electron chi connectivity index (χ4n) is 1.71. The third-order valence-electron chi connectivity index (χ3n) is 2.79. The first-order valence-corrected chi connectivity index (χ1v) is 7.13. The van der Waals surface area contributed by atoms with Crippen LogP contribution in [0.1, 0.15) is 25.8 Å². The first kappa shape index (κ1) is 17.0. The monoisotopic (exact) mass is 353 g/mol. The number of carbonyl (C=O) groups excluding carboxylic acids is 1. The van der Waals surface area contributed by atoms with Crippen LogP contribution in [0.15, 0.2) is 22.7 Å². The summed E-state index contributed by atoms with van der Waals surface area (Å²) in [4.78, 5) is 24.3. The Morgan fingerprint density at radius 1 is 1.48 bits per heavy atom. The minimum atomic E-state index is -0.964. The molecule has 112 valence electrons. The lowest BCUT2D eigenvalue weighted by atomic mass is 10.2. The predicted molar refractivity (Wildman–Crippen MR) is 82.0 cm³/mol. The average Bonchev–Trinajstić information content (AvgIpc) is 2.38. The maximum atomic E-state index is 12.2. The van der Waals surface area contributed by atoms with Gasteiger partial charge in [-0.05, 0) is 32.0 Å². The summed E-state index contributed by atoms with van der Waals surface area (Å²) in [6, 6.07) is 6.35. The van der Waals surface area contributed by atoms with E-state index in [9.17, 15) is 9.59 Å². The highest BCUT2D eigenvalue weighted by Crippen LogP contribution is 2.21. The molecule has 2 N–H and O–H groups in total. The molecule has 0 heterocycles. The minimum absolute atomic E-state index is 0.106. The second-order valence-electron chi connectivity index (χ2n) is 4.66. The first-order chi connectivity index (χ1) is 9.85. The topological polar surface area (TPSA) is 93.4 Å². The number of amides is 2. The van der Waals surface area contributed by atoms with Gasteiger partial charge in [-0.1, -0.05) is 15.9 Å². The van der Waals surface area contributed by atoms with E-state index in [2.05, 4.69) is 21.2 Å². The van der Waals surface area contributed by atoms with E-state index < -0.39 is 12.0 Å². The van der Waals surface area contributed by atoms with Crippen molar-refractivity contribution in [1.82, 2.24) is 4.90 Å². The van der Waals surface area contributed by atoms with Crippen molar-refractivity contribution in [2.45, 2.75) is 26.3 Å². The molecular formula is C14H16BrN3O3. The van der Waals surface area contributed by atoms with Gasteiger partial charge in [-0.2, -0.15) is 5.26 Å². The highest BCUT2D eigenvalue weighted by Gasteiger charge is 2.19. The van der Waals surface area contributed by atoms with Crippen molar-refractivity contribution in [3.8, 4) is 6.07 Å². The number of benzene rings is 1. The van der Waals surface area contributed by atoms with Crippen LogP contribution >= 0.6 is 15.9 Å². The van der Waals surface area contributed by atoms with Gasteiger partial charge in [0.2, 0.25) is 0 Å². The predicted octanol–water partition coefficient (Wildman–Crippen LogP) is 3.04. The van der Waals surface area contributed by atoms with Crippen LogP contribution in [0.2, 0.25) is 0 Å². The summed E-state index contributed by atoms with van der Waals surface area (Å²) in [6.45, 7) is 3.70. The molecule has 0 aliphatic carbocycles. The Hall–Kier alpha value is -2.07. The fraction of sp³-hybridized carbons (Fsp3) is 0.357. The van der Waals surface area contributed by atoms with Gasteiger partial charge in [0.1, 0.15) is 6.07 Å². The third kappa shape index (κ3) is 5.08. The number of nitriles is 1. The largest absolute Gasteiger partial charge is 0.481 e. The quantitative estimate of drug-likeness (QED) is 0.850. The highest BCUT2D eigenvalue weighted by atomic mass is 79.9. The van der Waals surface area contributed by atoms with Crippen molar-refractivity contribution < 1.29 is 14.7 Å². The van der Waals surface area contributed by atoms with E-state index >= 15 is 0 Å². The van der Waals surface area contributed by atoms with E-state index in [1.807, 2.05) is 6.07 Å². The van der Waals surface area contributed by atoms with Gasteiger partial charge in [0, 0.05) is 17.1 Å². The molecule has 0 aliphatic heterocycles. The molecular weight excluding hydrogens is 338 g/mol. The Labute approximate surface area is 131 Å². The Morgan fingerprint density at radius 3 is 2.67 bits per heavy atom. The number of urea groups is 1. The van der Waals surface area contributed by atoms with Crippen LogP contribution in [0.3, 0.4) is 0 Å². The van der Waals surface area contributed by atoms with E-state index in [0.29, 0.717) is 11.3 Å². The van der Waals surface area contributed by atoms with Gasteiger partial charge in [0.25, 0.3) is 0 Å². The van der Waals surface area contributed by atoms with Crippen molar-refractivity contribution >= 4 is 33.6 Å². The summed E-state index contributed by atoms with van der Waals surface area (Å²) in [5.41, 5.74) is 0.728. The molecule has 0 unspecified atom stereocenters. The van der Waals surface area contributed by atoms with Gasteiger partial charge in [-0.25, -0.2) is 4.79 Å². The normalized spacial score (nSPS) is 10.0. The summed E-state index contributed by atoms with van der Waals surface area (Å²) in [6.07, 6.45) is -0.130. The van der Waals surface area contributed by atoms with Crippen LogP contribution in [0.4, 0.5) is 10.5 Å². The third-order valence-corrected chi connectivity index (χ3v) is 3.29. The zero-order valence-electron chi connectivity index (χ0n) is 11.8. The smallest absolute Gasteiger partial charge is 0.322 e. The molecule has 0 fully saturated rings. The van der Waals surface area contributed by atoms with Crippen molar-refractivity contribution in [2.75, 3.05) is 11.9 Å². The second-order valence-corrected chi connectivity index (χ2v) is 5.58. The number of halogens is 1. The van der Waals surface area contributed by atoms with Crippen molar-refractivity contribution in [2.24, 2.45) is 0 Å². The van der Waals surface area contributed by atoms with Crippen LogP contribution in [0.5, 0.6) is 0 Å². The summed E-state index contributed by atoms with van der Waals surface area (Å²) < 4.78 is 0.735. The number of carboxylic acid groups (broad SMARTS) is 1. The maximum Gasteiger partial charge on any atom is 0.322 e. The Balaban J connectivity index is 2.89. The number of nitrogens with one attached hydrogen (secondary N) is 1. The van der Waals surface area contributed by atoms with E-state index in [0.717, 1.165) is 4.47 Å². The summed E-state index contributed by atoms with van der Waals surface area (Å²) in [5.74, 6) is -0.964. The maximum absolute atomic E-state index is 12.2. The molecule has 2 amide bonds. The molecule has 0 atom stereocenters. The summed E-state index contributed by atoms with van der Waals surface area (Å²) >= 11 is 3.28. The number of hydrogen-bond acceptors (Lipinski definition) is 3. The molecule has 0 spiro atoms. The number of carboxylic acids is 1. The number of hydrogen-bond donors (Lipinski definition) is 2. The lowest BCUT2D eigenvalue weighted by Gasteiger charge is -2.26. The number of nitrogens with zero attached hydrogens (tertiary/aromatic N) is 2. The molecule has 0 saturated carbocycles. The summed E-state index contributed by atoms with van der Waals surface area (Å²) in [7, 11) is 0. The van der Waals surface area contributed by atoms with Gasteiger partial charge in [-0.15, -0.1) is 0 Å². The molecule has 0 aromatic heterocycles. The van der Waals surface area contributed by atoms with Gasteiger partial charge in [-0.3, -0.25) is 4.79 Å². The number of carbonyl (C=O) groups is 2. The van der Waals surface area contributed by atoms with Crippen LogP contribution < -0.4 is 5.32 Å². The molecule has 0 radical (unpaired) electrons. The van der Waals surface area contributed by atoms with Crippen LogP contribution in [-0.2, 0) is 4.79 Å². The Morgan fingerprint density at radius 2 is 2.14 bits per heavy atom. The number of anilines is 1. The number of aliphatic carboxylic acids is 1. The molecule has 0 aliphatic rings. The number of rotatable bonds is 5. The van der Waals surface area contributed by atoms with Crippen LogP contribution in [0.25, 0.3) is 0 Å². The van der Waals surface area contributed by atoms with E-state index in [1.54, 1.807) is 32.0 Å². The Kier molecular flexibility index (Phi) is 6.18. The molecule has 6 nitrogen and oxygen atoms in total. The van der Waals surface area contributed by atoms with Crippen LogP contribution in [0, 0.1) is 11.3 Å². The minimum Gasteiger partial charge on any atom is -0.481 e. The van der Waals surface area contributed by atoms with Gasteiger partial charge >= 0.3 is 12.0 Å². The molecule has 21 heavy (non-hydrogen) atoms. The first-order valence-electron chi connectivity index (χ1n) is 6.34. The molecule has 7 heteroatoms. The SMILES string of the molecule is CC(C)N(CCC(=O)O)C(=O)Nc1cc(Br)ccc1C#N.